The summed E-state index contributed by atoms with van der Waals surface area (Å²) in [5.41, 5.74) is 2.31. The van der Waals surface area contributed by atoms with Crippen LogP contribution in [0.5, 0.6) is 0 Å². The molecule has 2 aromatic rings. The van der Waals surface area contributed by atoms with Crippen molar-refractivity contribution < 1.29 is 9.47 Å². The van der Waals surface area contributed by atoms with E-state index >= 15 is 0 Å². The van der Waals surface area contributed by atoms with E-state index in [0.29, 0.717) is 38.9 Å². The normalized spacial score (nSPS) is 11.6. The summed E-state index contributed by atoms with van der Waals surface area (Å²) in [6.07, 6.45) is 1.54. The van der Waals surface area contributed by atoms with Crippen LogP contribution in [-0.4, -0.2) is 47.6 Å². The van der Waals surface area contributed by atoms with Gasteiger partial charge < -0.3 is 20.1 Å². The zero-order chi connectivity index (χ0) is 18.6. The SMILES string of the molecule is CCOCCOCc1cccc(CNC(=NC)NCc2ncnn2C)c1. The molecule has 26 heavy (non-hydrogen) atoms. The zero-order valence-corrected chi connectivity index (χ0v) is 15.7. The number of nitrogens with one attached hydrogen (secondary N) is 2. The molecule has 2 N–H and O–H groups in total. The number of ether oxygens (including phenoxy) is 2. The van der Waals surface area contributed by atoms with Crippen LogP contribution in [0.3, 0.4) is 0 Å². The maximum atomic E-state index is 5.62. The van der Waals surface area contributed by atoms with E-state index in [2.05, 4.69) is 43.9 Å². The molecule has 0 saturated carbocycles. The lowest BCUT2D eigenvalue weighted by Crippen LogP contribution is -2.36. The first kappa shape index (κ1) is 19.9. The Bertz CT molecular complexity index is 686. The van der Waals surface area contributed by atoms with Crippen LogP contribution < -0.4 is 10.6 Å². The molecule has 1 heterocycles. The molecule has 0 unspecified atom stereocenters. The fourth-order valence-corrected chi connectivity index (χ4v) is 2.33. The Balaban J connectivity index is 1.76. The maximum absolute atomic E-state index is 5.62. The summed E-state index contributed by atoms with van der Waals surface area (Å²) in [5, 5.41) is 10.6. The van der Waals surface area contributed by atoms with Crippen molar-refractivity contribution in [2.45, 2.75) is 26.6 Å². The van der Waals surface area contributed by atoms with Crippen molar-refractivity contribution in [2.75, 3.05) is 26.9 Å². The zero-order valence-electron chi connectivity index (χ0n) is 15.7. The largest absolute Gasteiger partial charge is 0.379 e. The first-order chi connectivity index (χ1) is 12.7. The Morgan fingerprint density at radius 2 is 1.92 bits per heavy atom. The van der Waals surface area contributed by atoms with E-state index in [0.717, 1.165) is 23.6 Å². The lowest BCUT2D eigenvalue weighted by Gasteiger charge is -2.12. The molecule has 0 spiro atoms. The van der Waals surface area contributed by atoms with E-state index < -0.39 is 0 Å². The third-order valence-corrected chi connectivity index (χ3v) is 3.74. The van der Waals surface area contributed by atoms with Crippen molar-refractivity contribution in [2.24, 2.45) is 12.0 Å². The summed E-state index contributed by atoms with van der Waals surface area (Å²) in [6.45, 7) is 5.75. The molecule has 0 amide bonds. The first-order valence-electron chi connectivity index (χ1n) is 8.73. The Morgan fingerprint density at radius 1 is 1.15 bits per heavy atom. The van der Waals surface area contributed by atoms with Crippen LogP contribution in [0.1, 0.15) is 23.9 Å². The van der Waals surface area contributed by atoms with Gasteiger partial charge in [0.1, 0.15) is 12.2 Å². The van der Waals surface area contributed by atoms with E-state index in [-0.39, 0.29) is 0 Å². The molecule has 0 bridgehead atoms. The van der Waals surface area contributed by atoms with Gasteiger partial charge >= 0.3 is 0 Å². The lowest BCUT2D eigenvalue weighted by molar-refractivity contribution is 0.0453. The monoisotopic (exact) mass is 360 g/mol. The summed E-state index contributed by atoms with van der Waals surface area (Å²) >= 11 is 0. The summed E-state index contributed by atoms with van der Waals surface area (Å²) in [4.78, 5) is 8.41. The Morgan fingerprint density at radius 3 is 2.65 bits per heavy atom. The summed E-state index contributed by atoms with van der Waals surface area (Å²) in [7, 11) is 3.61. The van der Waals surface area contributed by atoms with Gasteiger partial charge in [0.05, 0.1) is 26.4 Å². The molecule has 8 heteroatoms. The Labute approximate surface area is 154 Å². The topological polar surface area (TPSA) is 85.6 Å². The molecule has 0 aliphatic carbocycles. The standard InChI is InChI=1S/C18H28N6O2/c1-4-25-8-9-26-13-16-7-5-6-15(10-16)11-20-18(19-2)21-12-17-22-14-23-24(17)3/h5-7,10,14H,4,8-9,11-13H2,1-3H3,(H2,19,20,21). The van der Waals surface area contributed by atoms with Crippen molar-refractivity contribution in [3.05, 3.63) is 47.5 Å². The minimum absolute atomic E-state index is 0.559. The molecule has 0 aliphatic rings. The van der Waals surface area contributed by atoms with Crippen LogP contribution >= 0.6 is 0 Å². The van der Waals surface area contributed by atoms with Gasteiger partial charge in [0.2, 0.25) is 0 Å². The number of aromatic nitrogens is 3. The molecule has 1 aromatic carbocycles. The third-order valence-electron chi connectivity index (χ3n) is 3.74. The first-order valence-corrected chi connectivity index (χ1v) is 8.73. The van der Waals surface area contributed by atoms with Gasteiger partial charge in [0, 0.05) is 27.2 Å². The summed E-state index contributed by atoms with van der Waals surface area (Å²) in [5.74, 6) is 1.56. The average Bonchev–Trinajstić information content (AvgIpc) is 3.07. The number of benzene rings is 1. The van der Waals surface area contributed by atoms with Gasteiger partial charge in [-0.15, -0.1) is 0 Å². The Kier molecular flexibility index (Phi) is 8.57. The van der Waals surface area contributed by atoms with Gasteiger partial charge in [0.15, 0.2) is 5.96 Å². The molecule has 0 saturated heterocycles. The molecule has 0 aliphatic heterocycles. The highest BCUT2D eigenvalue weighted by Gasteiger charge is 2.03. The number of guanidine groups is 1. The lowest BCUT2D eigenvalue weighted by atomic mass is 10.1. The molecule has 8 nitrogen and oxygen atoms in total. The van der Waals surface area contributed by atoms with Crippen LogP contribution in [0.2, 0.25) is 0 Å². The summed E-state index contributed by atoms with van der Waals surface area (Å²) in [6, 6.07) is 8.30. The number of nitrogens with zero attached hydrogens (tertiary/aromatic N) is 4. The number of aryl methyl sites for hydroxylation is 1. The van der Waals surface area contributed by atoms with Crippen molar-refractivity contribution in [3.63, 3.8) is 0 Å². The van der Waals surface area contributed by atoms with Gasteiger partial charge in [-0.1, -0.05) is 24.3 Å². The third kappa shape index (κ3) is 6.81. The maximum Gasteiger partial charge on any atom is 0.191 e. The molecule has 2 rings (SSSR count). The quantitative estimate of drug-likeness (QED) is 0.377. The van der Waals surface area contributed by atoms with Crippen LogP contribution in [0.15, 0.2) is 35.6 Å². The predicted molar refractivity (Wildman–Crippen MR) is 101 cm³/mol. The second-order valence-electron chi connectivity index (χ2n) is 5.65. The average molecular weight is 360 g/mol. The molecule has 0 radical (unpaired) electrons. The summed E-state index contributed by atoms with van der Waals surface area (Å²) < 4.78 is 12.6. The molecule has 1 aromatic heterocycles. The van der Waals surface area contributed by atoms with Crippen molar-refractivity contribution in [1.82, 2.24) is 25.4 Å². The minimum atomic E-state index is 0.559. The van der Waals surface area contributed by atoms with E-state index in [1.54, 1.807) is 11.7 Å². The van der Waals surface area contributed by atoms with E-state index in [9.17, 15) is 0 Å². The predicted octanol–water partition coefficient (Wildman–Crippen LogP) is 1.23. The van der Waals surface area contributed by atoms with Gasteiger partial charge in [-0.3, -0.25) is 9.67 Å². The van der Waals surface area contributed by atoms with E-state index in [1.165, 1.54) is 6.33 Å². The van der Waals surface area contributed by atoms with Gasteiger partial charge in [-0.05, 0) is 18.1 Å². The number of hydrogen-bond donors (Lipinski definition) is 2. The molecule has 0 fully saturated rings. The van der Waals surface area contributed by atoms with E-state index in [4.69, 9.17) is 9.47 Å². The number of rotatable bonds is 10. The molecule has 0 atom stereocenters. The fraction of sp³-hybridized carbons (Fsp3) is 0.500. The highest BCUT2D eigenvalue weighted by Crippen LogP contribution is 2.06. The van der Waals surface area contributed by atoms with Crippen LogP contribution in [0, 0.1) is 0 Å². The van der Waals surface area contributed by atoms with Crippen LogP contribution in [0.4, 0.5) is 0 Å². The van der Waals surface area contributed by atoms with Gasteiger partial charge in [-0.2, -0.15) is 5.10 Å². The molecular weight excluding hydrogens is 332 g/mol. The highest BCUT2D eigenvalue weighted by atomic mass is 16.5. The molecular formula is C18H28N6O2. The number of hydrogen-bond acceptors (Lipinski definition) is 5. The minimum Gasteiger partial charge on any atom is -0.379 e. The van der Waals surface area contributed by atoms with Gasteiger partial charge in [-0.25, -0.2) is 4.98 Å². The Hall–Kier alpha value is -2.45. The van der Waals surface area contributed by atoms with Crippen molar-refractivity contribution in [3.8, 4) is 0 Å². The van der Waals surface area contributed by atoms with Crippen LogP contribution in [0.25, 0.3) is 0 Å². The fourth-order valence-electron chi connectivity index (χ4n) is 2.33. The van der Waals surface area contributed by atoms with Crippen molar-refractivity contribution >= 4 is 5.96 Å². The second-order valence-corrected chi connectivity index (χ2v) is 5.65. The number of aliphatic imine (C=N–C) groups is 1. The highest BCUT2D eigenvalue weighted by molar-refractivity contribution is 5.79. The second kappa shape index (κ2) is 11.2. The van der Waals surface area contributed by atoms with Crippen LogP contribution in [-0.2, 0) is 36.2 Å². The molecule has 142 valence electrons. The van der Waals surface area contributed by atoms with Crippen molar-refractivity contribution in [1.29, 1.82) is 0 Å². The van der Waals surface area contributed by atoms with E-state index in [1.807, 2.05) is 20.0 Å². The van der Waals surface area contributed by atoms with Gasteiger partial charge in [0.25, 0.3) is 0 Å². The smallest absolute Gasteiger partial charge is 0.191 e.